The lowest BCUT2D eigenvalue weighted by Gasteiger charge is -2.49. The molecule has 0 spiro atoms. The van der Waals surface area contributed by atoms with Crippen molar-refractivity contribution in [3.8, 4) is 0 Å². The van der Waals surface area contributed by atoms with E-state index in [4.69, 9.17) is 11.6 Å². The van der Waals surface area contributed by atoms with E-state index in [1.54, 1.807) is 24.3 Å². The van der Waals surface area contributed by atoms with E-state index in [1.807, 2.05) is 23.1 Å². The van der Waals surface area contributed by atoms with Crippen LogP contribution in [0.1, 0.15) is 64.9 Å². The molecule has 0 N–H and O–H groups in total. The molecule has 2 aliphatic carbocycles. The summed E-state index contributed by atoms with van der Waals surface area (Å²) in [5.41, 5.74) is 3.51. The third-order valence-electron chi connectivity index (χ3n) is 7.19. The molecule has 34 heavy (non-hydrogen) atoms. The summed E-state index contributed by atoms with van der Waals surface area (Å²) < 4.78 is 15.3. The van der Waals surface area contributed by atoms with E-state index in [-0.39, 0.29) is 28.2 Å². The van der Waals surface area contributed by atoms with E-state index in [1.165, 1.54) is 6.07 Å². The van der Waals surface area contributed by atoms with Crippen molar-refractivity contribution in [2.24, 2.45) is 10.8 Å². The second kappa shape index (κ2) is 7.91. The smallest absolute Gasteiger partial charge is 0.162 e. The van der Waals surface area contributed by atoms with Gasteiger partial charge in [-0.25, -0.2) is 4.39 Å². The average Bonchev–Trinajstić information content (AvgIpc) is 2.71. The number of carbonyl (C=O) groups excluding carboxylic acids is 2. The molecule has 0 atom stereocenters. The number of hydrogen-bond donors (Lipinski definition) is 0. The normalized spacial score (nSPS) is 22.1. The third kappa shape index (κ3) is 3.82. The van der Waals surface area contributed by atoms with E-state index < -0.39 is 5.92 Å². The Balaban J connectivity index is 1.86. The number of carbonyl (C=O) groups is 2. The molecule has 0 bridgehead atoms. The van der Waals surface area contributed by atoms with Crippen LogP contribution in [0.4, 0.5) is 10.1 Å². The third-order valence-corrected chi connectivity index (χ3v) is 7.42. The maximum Gasteiger partial charge on any atom is 0.162 e. The molecule has 0 saturated carbocycles. The Morgan fingerprint density at radius 2 is 1.38 bits per heavy atom. The fourth-order valence-corrected chi connectivity index (χ4v) is 6.11. The molecule has 2 aromatic rings. The summed E-state index contributed by atoms with van der Waals surface area (Å²) >= 11 is 6.36. The summed E-state index contributed by atoms with van der Waals surface area (Å²) in [7, 11) is 0. The van der Waals surface area contributed by atoms with E-state index in [0.717, 1.165) is 17.0 Å². The van der Waals surface area contributed by atoms with Gasteiger partial charge in [0.2, 0.25) is 0 Å². The highest BCUT2D eigenvalue weighted by Gasteiger charge is 2.49. The standard InChI is InChI=1S/C29H29ClFNO2/c1-28(2)13-21-26(23(33)15-28)25(17-8-7-9-18(30)12-17)27-22(14-29(3,4)16-24(27)34)32(21)20-11-6-5-10-19(20)31/h5-12,25H,13-16H2,1-4H3. The predicted molar refractivity (Wildman–Crippen MR) is 133 cm³/mol. The lowest BCUT2D eigenvalue weighted by atomic mass is 9.63. The first kappa shape index (κ1) is 23.0. The summed E-state index contributed by atoms with van der Waals surface area (Å²) in [5, 5.41) is 0.561. The number of benzene rings is 2. The molecule has 3 aliphatic rings. The Kier molecular flexibility index (Phi) is 5.36. The lowest BCUT2D eigenvalue weighted by Crippen LogP contribution is -2.44. The molecule has 1 aliphatic heterocycles. The van der Waals surface area contributed by atoms with Crippen molar-refractivity contribution in [2.45, 2.75) is 59.3 Å². The highest BCUT2D eigenvalue weighted by atomic mass is 35.5. The second-order valence-corrected chi connectivity index (χ2v) is 11.8. The van der Waals surface area contributed by atoms with Gasteiger partial charge in [-0.1, -0.05) is 63.6 Å². The van der Waals surface area contributed by atoms with Crippen LogP contribution in [-0.2, 0) is 9.59 Å². The number of allylic oxidation sites excluding steroid dienone is 4. The molecule has 5 heteroatoms. The second-order valence-electron chi connectivity index (χ2n) is 11.4. The molecular weight excluding hydrogens is 449 g/mol. The average molecular weight is 478 g/mol. The molecular formula is C29H29ClFNO2. The Morgan fingerprint density at radius 3 is 1.91 bits per heavy atom. The fourth-order valence-electron chi connectivity index (χ4n) is 5.91. The summed E-state index contributed by atoms with van der Waals surface area (Å²) in [4.78, 5) is 29.4. The van der Waals surface area contributed by atoms with Gasteiger partial charge in [0.25, 0.3) is 0 Å². The number of halogens is 2. The number of nitrogens with zero attached hydrogens (tertiary/aromatic N) is 1. The minimum absolute atomic E-state index is 0.0155. The summed E-state index contributed by atoms with van der Waals surface area (Å²) in [6.07, 6.45) is 2.00. The molecule has 0 saturated heterocycles. The van der Waals surface area contributed by atoms with Gasteiger partial charge in [-0.15, -0.1) is 0 Å². The Bertz CT molecular complexity index is 1230. The molecule has 0 amide bonds. The van der Waals surface area contributed by atoms with Gasteiger partial charge in [0, 0.05) is 46.3 Å². The van der Waals surface area contributed by atoms with Crippen molar-refractivity contribution in [3.63, 3.8) is 0 Å². The van der Waals surface area contributed by atoms with Gasteiger partial charge in [-0.2, -0.15) is 0 Å². The Hall–Kier alpha value is -2.72. The largest absolute Gasteiger partial charge is 0.314 e. The molecule has 0 aromatic heterocycles. The van der Waals surface area contributed by atoms with Crippen molar-refractivity contribution < 1.29 is 14.0 Å². The van der Waals surface area contributed by atoms with Gasteiger partial charge in [-0.3, -0.25) is 9.59 Å². The monoisotopic (exact) mass is 477 g/mol. The summed E-state index contributed by atoms with van der Waals surface area (Å²) in [6, 6.07) is 14.1. The van der Waals surface area contributed by atoms with Crippen LogP contribution in [-0.4, -0.2) is 11.6 Å². The first-order valence-corrected chi connectivity index (χ1v) is 12.2. The van der Waals surface area contributed by atoms with Crippen LogP contribution in [0.2, 0.25) is 5.02 Å². The highest BCUT2D eigenvalue weighted by molar-refractivity contribution is 6.30. The lowest BCUT2D eigenvalue weighted by molar-refractivity contribution is -0.119. The number of hydrogen-bond acceptors (Lipinski definition) is 3. The summed E-state index contributed by atoms with van der Waals surface area (Å²) in [5.74, 6) is -0.823. The van der Waals surface area contributed by atoms with Crippen molar-refractivity contribution in [1.29, 1.82) is 0 Å². The van der Waals surface area contributed by atoms with Crippen LogP contribution in [0.25, 0.3) is 0 Å². The van der Waals surface area contributed by atoms with Gasteiger partial charge in [0.05, 0.1) is 5.69 Å². The molecule has 3 nitrogen and oxygen atoms in total. The Labute approximate surface area is 205 Å². The molecule has 176 valence electrons. The molecule has 1 heterocycles. The van der Waals surface area contributed by atoms with Crippen LogP contribution in [0.5, 0.6) is 0 Å². The van der Waals surface area contributed by atoms with E-state index in [0.29, 0.717) is 47.5 Å². The predicted octanol–water partition coefficient (Wildman–Crippen LogP) is 7.37. The van der Waals surface area contributed by atoms with Gasteiger partial charge < -0.3 is 4.90 Å². The minimum atomic E-state index is -0.487. The molecule has 2 aromatic carbocycles. The number of ketones is 2. The first-order valence-electron chi connectivity index (χ1n) is 11.8. The highest BCUT2D eigenvalue weighted by Crippen LogP contribution is 2.55. The van der Waals surface area contributed by atoms with Crippen LogP contribution in [0, 0.1) is 16.6 Å². The van der Waals surface area contributed by atoms with Gasteiger partial charge >= 0.3 is 0 Å². The van der Waals surface area contributed by atoms with Gasteiger partial charge in [-0.05, 0) is 53.5 Å². The SMILES string of the molecule is CC1(C)CC(=O)C2=C(C1)N(c1ccccc1F)C1=C(C(=O)CC(C)(C)C1)C2c1cccc(Cl)c1. The van der Waals surface area contributed by atoms with Gasteiger partial charge in [0.15, 0.2) is 11.6 Å². The van der Waals surface area contributed by atoms with Gasteiger partial charge in [0.1, 0.15) is 5.82 Å². The van der Waals surface area contributed by atoms with Crippen LogP contribution < -0.4 is 4.90 Å². The molecule has 0 fully saturated rings. The Morgan fingerprint density at radius 1 is 0.824 bits per heavy atom. The molecule has 0 radical (unpaired) electrons. The van der Waals surface area contributed by atoms with Crippen molar-refractivity contribution in [3.05, 3.63) is 87.5 Å². The van der Waals surface area contributed by atoms with Crippen LogP contribution >= 0.6 is 11.6 Å². The maximum absolute atomic E-state index is 15.3. The van der Waals surface area contributed by atoms with E-state index in [9.17, 15) is 9.59 Å². The zero-order valence-electron chi connectivity index (χ0n) is 20.0. The number of rotatable bonds is 2. The van der Waals surface area contributed by atoms with Crippen molar-refractivity contribution >= 4 is 28.9 Å². The zero-order valence-corrected chi connectivity index (χ0v) is 20.8. The first-order chi connectivity index (χ1) is 16.0. The number of anilines is 1. The van der Waals surface area contributed by atoms with Crippen LogP contribution in [0.3, 0.4) is 0 Å². The topological polar surface area (TPSA) is 37.4 Å². The number of para-hydroxylation sites is 1. The minimum Gasteiger partial charge on any atom is -0.314 e. The van der Waals surface area contributed by atoms with Crippen LogP contribution in [0.15, 0.2) is 71.1 Å². The molecule has 5 rings (SSSR count). The maximum atomic E-state index is 15.3. The number of Topliss-reactive ketones (excluding diaryl/α,β-unsaturated/α-hetero) is 2. The summed E-state index contributed by atoms with van der Waals surface area (Å²) in [6.45, 7) is 8.29. The quantitative estimate of drug-likeness (QED) is 0.453. The van der Waals surface area contributed by atoms with Crippen molar-refractivity contribution in [2.75, 3.05) is 4.90 Å². The van der Waals surface area contributed by atoms with Crippen molar-refractivity contribution in [1.82, 2.24) is 0 Å². The van der Waals surface area contributed by atoms with E-state index in [2.05, 4.69) is 27.7 Å². The molecule has 0 unspecified atom stereocenters. The zero-order chi connectivity index (χ0) is 24.4. The van der Waals surface area contributed by atoms with E-state index >= 15 is 4.39 Å². The fraction of sp³-hybridized carbons (Fsp3) is 0.379.